The zero-order valence-electron chi connectivity index (χ0n) is 15.9. The fourth-order valence-corrected chi connectivity index (χ4v) is 4.26. The van der Waals surface area contributed by atoms with Crippen LogP contribution >= 0.6 is 0 Å². The van der Waals surface area contributed by atoms with Crippen LogP contribution in [0.4, 0.5) is 0 Å². The maximum absolute atomic E-state index is 13.1. The van der Waals surface area contributed by atoms with E-state index in [4.69, 9.17) is 0 Å². The normalized spacial score (nSPS) is 21.3. The number of nitrogens with zero attached hydrogens (tertiary/aromatic N) is 3. The maximum atomic E-state index is 13.1. The van der Waals surface area contributed by atoms with Crippen molar-refractivity contribution in [2.75, 3.05) is 20.1 Å². The Kier molecular flexibility index (Phi) is 5.78. The Morgan fingerprint density at radius 3 is 2.50 bits per heavy atom. The van der Waals surface area contributed by atoms with Gasteiger partial charge in [-0.3, -0.25) is 9.69 Å². The van der Waals surface area contributed by atoms with Crippen molar-refractivity contribution in [3.05, 3.63) is 42.0 Å². The first-order chi connectivity index (χ1) is 12.6. The molecule has 4 heteroatoms. The lowest BCUT2D eigenvalue weighted by Crippen LogP contribution is -2.56. The fraction of sp³-hybridized carbons (Fsp3) is 0.545. The summed E-state index contributed by atoms with van der Waals surface area (Å²) in [4.78, 5) is 17.0. The fourth-order valence-electron chi connectivity index (χ4n) is 4.26. The average Bonchev–Trinajstić information content (AvgIpc) is 2.73. The molecule has 0 N–H and O–H groups in total. The second-order valence-electron chi connectivity index (χ2n) is 7.62. The molecule has 0 spiro atoms. The maximum Gasteiger partial charge on any atom is 0.240 e. The first kappa shape index (κ1) is 18.7. The van der Waals surface area contributed by atoms with E-state index in [0.717, 1.165) is 45.2 Å². The van der Waals surface area contributed by atoms with E-state index in [1.807, 2.05) is 20.0 Å². The van der Waals surface area contributed by atoms with E-state index < -0.39 is 5.54 Å². The van der Waals surface area contributed by atoms with Gasteiger partial charge >= 0.3 is 0 Å². The van der Waals surface area contributed by atoms with Gasteiger partial charge in [-0.25, -0.2) is 0 Å². The first-order valence-corrected chi connectivity index (χ1v) is 9.75. The van der Waals surface area contributed by atoms with Gasteiger partial charge in [0.25, 0.3) is 0 Å². The number of nitriles is 1. The molecule has 26 heavy (non-hydrogen) atoms. The lowest BCUT2D eigenvalue weighted by Gasteiger charge is -2.42. The van der Waals surface area contributed by atoms with Crippen LogP contribution in [0.3, 0.4) is 0 Å². The molecule has 4 nitrogen and oxygen atoms in total. The molecule has 1 aliphatic heterocycles. The Bertz CT molecular complexity index is 698. The van der Waals surface area contributed by atoms with Crippen molar-refractivity contribution >= 4 is 11.5 Å². The zero-order chi connectivity index (χ0) is 18.6. The molecule has 138 valence electrons. The molecule has 1 amide bonds. The van der Waals surface area contributed by atoms with Gasteiger partial charge in [0.1, 0.15) is 5.54 Å². The standard InChI is InChI=1S/C22H29N3O/c1-18(21(26)24(2)22(17-23)13-7-4-8-14-22)25-15-11-20(12-16-25)19-9-5-3-6-10-19/h3,5-6,9-11,18H,4,7-8,12-16H2,1-2H3/t18-/m1/s1. The topological polar surface area (TPSA) is 47.3 Å². The second-order valence-corrected chi connectivity index (χ2v) is 7.62. The van der Waals surface area contributed by atoms with Gasteiger partial charge in [-0.2, -0.15) is 5.26 Å². The highest BCUT2D eigenvalue weighted by molar-refractivity contribution is 5.82. The van der Waals surface area contributed by atoms with E-state index in [0.29, 0.717) is 0 Å². The van der Waals surface area contributed by atoms with Crippen LogP contribution in [-0.4, -0.2) is 47.4 Å². The number of hydrogen-bond acceptors (Lipinski definition) is 3. The van der Waals surface area contributed by atoms with Gasteiger partial charge in [-0.05, 0) is 37.3 Å². The number of rotatable bonds is 4. The molecule has 0 bridgehead atoms. The van der Waals surface area contributed by atoms with Crippen molar-refractivity contribution in [2.45, 2.75) is 57.0 Å². The molecule has 1 saturated carbocycles. The summed E-state index contributed by atoms with van der Waals surface area (Å²) in [6.07, 6.45) is 8.03. The van der Waals surface area contributed by atoms with Gasteiger partial charge in [-0.1, -0.05) is 55.7 Å². The molecule has 3 rings (SSSR count). The summed E-state index contributed by atoms with van der Waals surface area (Å²) in [7, 11) is 1.82. The number of benzene rings is 1. The third-order valence-electron chi connectivity index (χ3n) is 6.15. The average molecular weight is 351 g/mol. The number of carbonyl (C=O) groups excluding carboxylic acids is 1. The molecule has 1 aliphatic carbocycles. The smallest absolute Gasteiger partial charge is 0.240 e. The highest BCUT2D eigenvalue weighted by Gasteiger charge is 2.41. The number of carbonyl (C=O) groups is 1. The molecule has 0 aromatic heterocycles. The molecule has 1 fully saturated rings. The molecule has 2 aliphatic rings. The predicted octanol–water partition coefficient (Wildman–Crippen LogP) is 3.85. The predicted molar refractivity (Wildman–Crippen MR) is 104 cm³/mol. The molecule has 1 aromatic rings. The van der Waals surface area contributed by atoms with Gasteiger partial charge in [0.2, 0.25) is 5.91 Å². The van der Waals surface area contributed by atoms with E-state index in [1.165, 1.54) is 17.6 Å². The van der Waals surface area contributed by atoms with E-state index in [-0.39, 0.29) is 11.9 Å². The Hall–Kier alpha value is -2.12. The highest BCUT2D eigenvalue weighted by Crippen LogP contribution is 2.33. The first-order valence-electron chi connectivity index (χ1n) is 9.75. The van der Waals surface area contributed by atoms with Crippen molar-refractivity contribution < 1.29 is 4.79 Å². The summed E-state index contributed by atoms with van der Waals surface area (Å²) in [6, 6.07) is 12.7. The second kappa shape index (κ2) is 8.05. The molecule has 0 radical (unpaired) electrons. The molecular formula is C22H29N3O. The van der Waals surface area contributed by atoms with E-state index in [1.54, 1.807) is 4.90 Å². The molecule has 1 aromatic carbocycles. The minimum atomic E-state index is -0.607. The van der Waals surface area contributed by atoms with Crippen LogP contribution in [0.1, 0.15) is 51.0 Å². The van der Waals surface area contributed by atoms with Crippen molar-refractivity contribution in [1.82, 2.24) is 9.80 Å². The van der Waals surface area contributed by atoms with Gasteiger partial charge in [-0.15, -0.1) is 0 Å². The Morgan fingerprint density at radius 2 is 1.92 bits per heavy atom. The van der Waals surface area contributed by atoms with Gasteiger partial charge in [0.05, 0.1) is 12.1 Å². The monoisotopic (exact) mass is 351 g/mol. The van der Waals surface area contributed by atoms with Crippen molar-refractivity contribution in [3.63, 3.8) is 0 Å². The van der Waals surface area contributed by atoms with Crippen molar-refractivity contribution in [3.8, 4) is 6.07 Å². The van der Waals surface area contributed by atoms with E-state index in [2.05, 4.69) is 41.3 Å². The van der Waals surface area contributed by atoms with Crippen LogP contribution in [0.15, 0.2) is 36.4 Å². The molecule has 1 heterocycles. The van der Waals surface area contributed by atoms with Crippen LogP contribution in [0.5, 0.6) is 0 Å². The van der Waals surface area contributed by atoms with E-state index >= 15 is 0 Å². The third kappa shape index (κ3) is 3.68. The summed E-state index contributed by atoms with van der Waals surface area (Å²) >= 11 is 0. The minimum absolute atomic E-state index is 0.0741. The molecule has 1 atom stereocenters. The zero-order valence-corrected chi connectivity index (χ0v) is 15.9. The Morgan fingerprint density at radius 1 is 1.23 bits per heavy atom. The lowest BCUT2D eigenvalue weighted by molar-refractivity contribution is -0.140. The van der Waals surface area contributed by atoms with E-state index in [9.17, 15) is 10.1 Å². The van der Waals surface area contributed by atoms with Crippen LogP contribution < -0.4 is 0 Å². The molecule has 0 unspecified atom stereocenters. The largest absolute Gasteiger partial charge is 0.326 e. The number of hydrogen-bond donors (Lipinski definition) is 0. The van der Waals surface area contributed by atoms with Crippen LogP contribution in [0, 0.1) is 11.3 Å². The summed E-state index contributed by atoms with van der Waals surface area (Å²) in [5.41, 5.74) is 2.02. The molecular weight excluding hydrogens is 322 g/mol. The Balaban J connectivity index is 1.66. The Labute approximate surface area is 157 Å². The number of likely N-dealkylation sites (N-methyl/N-ethyl adjacent to an activating group) is 1. The van der Waals surface area contributed by atoms with Crippen molar-refractivity contribution in [1.29, 1.82) is 5.26 Å². The minimum Gasteiger partial charge on any atom is -0.326 e. The summed E-state index contributed by atoms with van der Waals surface area (Å²) in [6.45, 7) is 3.64. The van der Waals surface area contributed by atoms with Crippen LogP contribution in [0.2, 0.25) is 0 Å². The van der Waals surface area contributed by atoms with Gasteiger partial charge in [0, 0.05) is 20.1 Å². The summed E-state index contributed by atoms with van der Waals surface area (Å²) in [5, 5.41) is 9.75. The van der Waals surface area contributed by atoms with Gasteiger partial charge < -0.3 is 4.90 Å². The number of amides is 1. The lowest BCUT2D eigenvalue weighted by atomic mass is 9.81. The summed E-state index contributed by atoms with van der Waals surface area (Å²) in [5.74, 6) is 0.0741. The highest BCUT2D eigenvalue weighted by atomic mass is 16.2. The summed E-state index contributed by atoms with van der Waals surface area (Å²) < 4.78 is 0. The molecule has 0 saturated heterocycles. The third-order valence-corrected chi connectivity index (χ3v) is 6.15. The van der Waals surface area contributed by atoms with Gasteiger partial charge in [0.15, 0.2) is 0 Å². The quantitative estimate of drug-likeness (QED) is 0.828. The SMILES string of the molecule is C[C@H](C(=O)N(C)C1(C#N)CCCCC1)N1CC=C(c2ccccc2)CC1. The van der Waals surface area contributed by atoms with Crippen molar-refractivity contribution in [2.24, 2.45) is 0 Å². The van der Waals surface area contributed by atoms with Crippen LogP contribution in [0.25, 0.3) is 5.57 Å². The van der Waals surface area contributed by atoms with Crippen LogP contribution in [-0.2, 0) is 4.79 Å².